The molecule has 5 rings (SSSR count). The minimum atomic E-state index is -0.257. The lowest BCUT2D eigenvalue weighted by molar-refractivity contribution is -0.111. The van der Waals surface area contributed by atoms with Gasteiger partial charge >= 0.3 is 0 Å². The summed E-state index contributed by atoms with van der Waals surface area (Å²) in [6, 6.07) is 15.8. The number of amides is 1. The van der Waals surface area contributed by atoms with Gasteiger partial charge in [-0.05, 0) is 74.3 Å². The van der Waals surface area contributed by atoms with E-state index in [1.54, 1.807) is 12.3 Å². The number of ether oxygens (including phenoxy) is 1. The molecule has 1 aliphatic heterocycles. The minimum absolute atomic E-state index is 0.257. The summed E-state index contributed by atoms with van der Waals surface area (Å²) in [7, 11) is 0. The number of nitrogens with zero attached hydrogens (tertiary/aromatic N) is 2. The molecule has 0 atom stereocenters. The molecule has 1 fully saturated rings. The number of aromatic amines is 1. The Morgan fingerprint density at radius 1 is 1.19 bits per heavy atom. The number of pyridine rings is 1. The third-order valence-electron chi connectivity index (χ3n) is 6.61. The molecule has 0 spiro atoms. The quantitative estimate of drug-likeness (QED) is 0.272. The number of halogens is 1. The number of aryl methyl sites for hydroxylation is 1. The molecule has 0 bridgehead atoms. The summed E-state index contributed by atoms with van der Waals surface area (Å²) in [4.78, 5) is 22.5. The van der Waals surface area contributed by atoms with Gasteiger partial charge in [-0.15, -0.1) is 0 Å². The van der Waals surface area contributed by atoms with Crippen LogP contribution in [0.1, 0.15) is 18.4 Å². The lowest BCUT2D eigenvalue weighted by atomic mass is 9.97. The smallest absolute Gasteiger partial charge is 0.247 e. The molecule has 184 valence electrons. The molecule has 2 N–H and O–H groups in total. The molecule has 1 aliphatic rings. The Hall–Kier alpha value is -3.61. The maximum atomic E-state index is 12.0. The highest BCUT2D eigenvalue weighted by atomic mass is 35.5. The van der Waals surface area contributed by atoms with Crippen LogP contribution in [0.25, 0.3) is 33.4 Å². The Morgan fingerprint density at radius 2 is 2.03 bits per heavy atom. The van der Waals surface area contributed by atoms with Crippen molar-refractivity contribution in [3.63, 3.8) is 0 Å². The highest BCUT2D eigenvalue weighted by molar-refractivity contribution is 6.36. The molecule has 2 aromatic heterocycles. The molecule has 4 aromatic rings. The summed E-state index contributed by atoms with van der Waals surface area (Å²) in [5.41, 5.74) is 6.06. The van der Waals surface area contributed by atoms with Crippen molar-refractivity contribution in [1.82, 2.24) is 14.9 Å². The SMILES string of the molecule is C=CC(=O)Nc1cc(-c2c(-c3cccc(OCCN4CCCC4)c3)[nH]c3nccc(Cl)c23)ccc1C. The zero-order valence-corrected chi connectivity index (χ0v) is 21.1. The molecule has 1 amide bonds. The zero-order valence-electron chi connectivity index (χ0n) is 20.3. The van der Waals surface area contributed by atoms with E-state index in [-0.39, 0.29) is 5.91 Å². The number of aromatic nitrogens is 2. The Labute approximate surface area is 215 Å². The van der Waals surface area contributed by atoms with Crippen LogP contribution in [0, 0.1) is 6.92 Å². The van der Waals surface area contributed by atoms with E-state index in [1.165, 1.54) is 18.9 Å². The summed E-state index contributed by atoms with van der Waals surface area (Å²) >= 11 is 6.68. The first-order chi connectivity index (χ1) is 17.5. The second kappa shape index (κ2) is 10.6. The molecule has 0 radical (unpaired) electrons. The lowest BCUT2D eigenvalue weighted by Crippen LogP contribution is -2.25. The molecular weight excluding hydrogens is 472 g/mol. The van der Waals surface area contributed by atoms with E-state index in [1.807, 2.05) is 49.4 Å². The number of benzene rings is 2. The van der Waals surface area contributed by atoms with E-state index in [2.05, 4.69) is 26.8 Å². The number of fused-ring (bicyclic) bond motifs is 1. The van der Waals surface area contributed by atoms with E-state index in [4.69, 9.17) is 16.3 Å². The first-order valence-electron chi connectivity index (χ1n) is 12.2. The van der Waals surface area contributed by atoms with E-state index < -0.39 is 0 Å². The van der Waals surface area contributed by atoms with Crippen LogP contribution in [-0.2, 0) is 4.79 Å². The van der Waals surface area contributed by atoms with E-state index in [9.17, 15) is 4.79 Å². The van der Waals surface area contributed by atoms with Crippen molar-refractivity contribution in [2.75, 3.05) is 31.6 Å². The normalized spacial score (nSPS) is 13.7. The van der Waals surface area contributed by atoms with Crippen molar-refractivity contribution in [3.8, 4) is 28.1 Å². The Kier molecular flexibility index (Phi) is 7.07. The predicted molar refractivity (Wildman–Crippen MR) is 147 cm³/mol. The first kappa shape index (κ1) is 24.1. The van der Waals surface area contributed by atoms with Crippen LogP contribution in [0.4, 0.5) is 5.69 Å². The summed E-state index contributed by atoms with van der Waals surface area (Å²) in [5, 5.41) is 4.34. The highest BCUT2D eigenvalue weighted by Crippen LogP contribution is 2.42. The van der Waals surface area contributed by atoms with Gasteiger partial charge in [0.25, 0.3) is 0 Å². The minimum Gasteiger partial charge on any atom is -0.492 e. The van der Waals surface area contributed by atoms with E-state index in [0.717, 1.165) is 64.4 Å². The third kappa shape index (κ3) is 5.01. The van der Waals surface area contributed by atoms with Gasteiger partial charge < -0.3 is 15.0 Å². The highest BCUT2D eigenvalue weighted by Gasteiger charge is 2.20. The van der Waals surface area contributed by atoms with Crippen molar-refractivity contribution in [2.45, 2.75) is 19.8 Å². The topological polar surface area (TPSA) is 70.2 Å². The average molecular weight is 501 g/mol. The number of carbonyl (C=O) groups is 1. The third-order valence-corrected chi connectivity index (χ3v) is 6.93. The fourth-order valence-corrected chi connectivity index (χ4v) is 4.96. The lowest BCUT2D eigenvalue weighted by Gasteiger charge is -2.15. The first-order valence-corrected chi connectivity index (χ1v) is 12.6. The van der Waals surface area contributed by atoms with Crippen molar-refractivity contribution >= 4 is 34.2 Å². The van der Waals surface area contributed by atoms with Crippen LogP contribution in [0.5, 0.6) is 5.75 Å². The van der Waals surface area contributed by atoms with Crippen molar-refractivity contribution < 1.29 is 9.53 Å². The van der Waals surface area contributed by atoms with Gasteiger partial charge in [0.1, 0.15) is 18.0 Å². The van der Waals surface area contributed by atoms with Gasteiger partial charge in [0.15, 0.2) is 0 Å². The average Bonchev–Trinajstić information content (AvgIpc) is 3.54. The molecular formula is C29H29ClN4O2. The summed E-state index contributed by atoms with van der Waals surface area (Å²) in [5.74, 6) is 0.561. The van der Waals surface area contributed by atoms with Crippen LogP contribution in [0.15, 0.2) is 67.4 Å². The number of H-pyrrole nitrogens is 1. The molecule has 6 nitrogen and oxygen atoms in total. The van der Waals surface area contributed by atoms with Gasteiger partial charge in [-0.3, -0.25) is 9.69 Å². The van der Waals surface area contributed by atoms with Crippen molar-refractivity contribution in [2.24, 2.45) is 0 Å². The number of carbonyl (C=O) groups excluding carboxylic acids is 1. The summed E-state index contributed by atoms with van der Waals surface area (Å²) < 4.78 is 6.11. The van der Waals surface area contributed by atoms with Gasteiger partial charge in [-0.2, -0.15) is 0 Å². The fraction of sp³-hybridized carbons (Fsp3) is 0.241. The Bertz CT molecular complexity index is 1420. The van der Waals surface area contributed by atoms with Crippen LogP contribution < -0.4 is 10.1 Å². The molecule has 2 aromatic carbocycles. The van der Waals surface area contributed by atoms with Gasteiger partial charge in [0.2, 0.25) is 5.91 Å². The molecule has 36 heavy (non-hydrogen) atoms. The van der Waals surface area contributed by atoms with E-state index in [0.29, 0.717) is 17.3 Å². The van der Waals surface area contributed by atoms with Gasteiger partial charge in [-0.1, -0.05) is 42.4 Å². The maximum Gasteiger partial charge on any atom is 0.247 e. The van der Waals surface area contributed by atoms with Crippen LogP contribution >= 0.6 is 11.6 Å². The maximum absolute atomic E-state index is 12.0. The van der Waals surface area contributed by atoms with Crippen LogP contribution in [-0.4, -0.2) is 47.0 Å². The second-order valence-corrected chi connectivity index (χ2v) is 9.45. The number of likely N-dealkylation sites (tertiary alicyclic amines) is 1. The van der Waals surface area contributed by atoms with E-state index >= 15 is 0 Å². The monoisotopic (exact) mass is 500 g/mol. The molecule has 0 saturated carbocycles. The number of nitrogens with one attached hydrogen (secondary N) is 2. The van der Waals surface area contributed by atoms with Gasteiger partial charge in [0, 0.05) is 34.9 Å². The molecule has 7 heteroatoms. The number of hydrogen-bond donors (Lipinski definition) is 2. The fourth-order valence-electron chi connectivity index (χ4n) is 4.72. The predicted octanol–water partition coefficient (Wildman–Crippen LogP) is 6.46. The van der Waals surface area contributed by atoms with Gasteiger partial charge in [-0.25, -0.2) is 4.98 Å². The molecule has 3 heterocycles. The van der Waals surface area contributed by atoms with Crippen molar-refractivity contribution in [1.29, 1.82) is 0 Å². The van der Waals surface area contributed by atoms with Crippen molar-refractivity contribution in [3.05, 3.63) is 78.0 Å². The van der Waals surface area contributed by atoms with Crippen LogP contribution in [0.3, 0.4) is 0 Å². The number of hydrogen-bond acceptors (Lipinski definition) is 4. The van der Waals surface area contributed by atoms with Gasteiger partial charge in [0.05, 0.1) is 10.7 Å². The standard InChI is InChI=1S/C29H29ClN4O2/c1-3-25(35)32-24-18-20(10-9-19(24)2)26-27-23(30)11-12-31-29(27)33-28(26)21-7-6-8-22(17-21)36-16-15-34-13-4-5-14-34/h3,6-12,17-18H,1,4-5,13-16H2,2H3,(H,31,33)(H,32,35). The summed E-state index contributed by atoms with van der Waals surface area (Å²) in [6.45, 7) is 9.41. The molecule has 0 unspecified atom stereocenters. The largest absolute Gasteiger partial charge is 0.492 e. The Morgan fingerprint density at radius 3 is 2.83 bits per heavy atom. The number of anilines is 1. The van der Waals surface area contributed by atoms with Crippen LogP contribution in [0.2, 0.25) is 5.02 Å². The molecule has 1 saturated heterocycles. The second-order valence-electron chi connectivity index (χ2n) is 9.04. The molecule has 0 aliphatic carbocycles. The number of rotatable bonds is 8. The Balaban J connectivity index is 1.54. The zero-order chi connectivity index (χ0) is 25.1. The summed E-state index contributed by atoms with van der Waals surface area (Å²) in [6.07, 6.45) is 5.50.